The molecule has 0 saturated heterocycles. The quantitative estimate of drug-likeness (QED) is 0.776. The molecule has 2 N–H and O–H groups in total. The lowest BCUT2D eigenvalue weighted by Gasteiger charge is -2.19. The second-order valence-electron chi connectivity index (χ2n) is 6.54. The van der Waals surface area contributed by atoms with Crippen molar-refractivity contribution in [1.29, 1.82) is 0 Å². The summed E-state index contributed by atoms with van der Waals surface area (Å²) in [7, 11) is -2.00. The largest absolute Gasteiger partial charge is 0.379 e. The SMILES string of the molecule is CO[C@H]1CCC[C@@H]1NC(=O)CCNS(=O)(=O)c1ccc2ccccc2c1. The van der Waals surface area contributed by atoms with Crippen molar-refractivity contribution in [3.05, 3.63) is 42.5 Å². The zero-order chi connectivity index (χ0) is 18.6. The molecule has 1 amide bonds. The van der Waals surface area contributed by atoms with Gasteiger partial charge in [0.05, 0.1) is 17.0 Å². The van der Waals surface area contributed by atoms with Crippen LogP contribution < -0.4 is 10.0 Å². The van der Waals surface area contributed by atoms with Gasteiger partial charge in [-0.2, -0.15) is 0 Å². The first-order valence-electron chi connectivity index (χ1n) is 8.80. The van der Waals surface area contributed by atoms with Gasteiger partial charge in [0.1, 0.15) is 0 Å². The molecule has 0 heterocycles. The zero-order valence-corrected chi connectivity index (χ0v) is 15.6. The molecule has 26 heavy (non-hydrogen) atoms. The van der Waals surface area contributed by atoms with E-state index in [9.17, 15) is 13.2 Å². The number of carbonyl (C=O) groups excluding carboxylic acids is 1. The lowest BCUT2D eigenvalue weighted by atomic mass is 10.1. The van der Waals surface area contributed by atoms with Crippen molar-refractivity contribution in [3.8, 4) is 0 Å². The van der Waals surface area contributed by atoms with E-state index in [-0.39, 0.29) is 35.9 Å². The zero-order valence-electron chi connectivity index (χ0n) is 14.8. The normalized spacial score (nSPS) is 20.3. The van der Waals surface area contributed by atoms with Crippen molar-refractivity contribution in [1.82, 2.24) is 10.0 Å². The number of benzene rings is 2. The highest BCUT2D eigenvalue weighted by Gasteiger charge is 2.28. The van der Waals surface area contributed by atoms with E-state index in [1.54, 1.807) is 25.3 Å². The highest BCUT2D eigenvalue weighted by molar-refractivity contribution is 7.89. The molecule has 2 aromatic carbocycles. The number of carbonyl (C=O) groups is 1. The van der Waals surface area contributed by atoms with E-state index >= 15 is 0 Å². The van der Waals surface area contributed by atoms with Gasteiger partial charge in [-0.3, -0.25) is 4.79 Å². The Hall–Kier alpha value is -1.96. The topological polar surface area (TPSA) is 84.5 Å². The van der Waals surface area contributed by atoms with Crippen molar-refractivity contribution < 1.29 is 17.9 Å². The maximum atomic E-state index is 12.4. The van der Waals surface area contributed by atoms with Gasteiger partial charge in [-0.05, 0) is 42.2 Å². The average Bonchev–Trinajstić information content (AvgIpc) is 3.08. The summed E-state index contributed by atoms with van der Waals surface area (Å²) in [5.41, 5.74) is 0. The number of hydrogen-bond donors (Lipinski definition) is 2. The van der Waals surface area contributed by atoms with Crippen molar-refractivity contribution in [2.45, 2.75) is 42.7 Å². The molecule has 0 unspecified atom stereocenters. The Bertz CT molecular complexity index is 882. The summed E-state index contributed by atoms with van der Waals surface area (Å²) in [6, 6.07) is 12.6. The van der Waals surface area contributed by atoms with Crippen LogP contribution in [0, 0.1) is 0 Å². The maximum Gasteiger partial charge on any atom is 0.240 e. The molecule has 0 spiro atoms. The number of hydrogen-bond acceptors (Lipinski definition) is 4. The Morgan fingerprint density at radius 2 is 1.92 bits per heavy atom. The lowest BCUT2D eigenvalue weighted by Crippen LogP contribution is -2.41. The molecule has 1 aliphatic carbocycles. The molecular weight excluding hydrogens is 352 g/mol. The van der Waals surface area contributed by atoms with Crippen LogP contribution in [0.3, 0.4) is 0 Å². The van der Waals surface area contributed by atoms with Crippen LogP contribution in [0.1, 0.15) is 25.7 Å². The first-order valence-corrected chi connectivity index (χ1v) is 10.3. The van der Waals surface area contributed by atoms with Crippen LogP contribution in [0.4, 0.5) is 0 Å². The number of amides is 1. The molecule has 0 bridgehead atoms. The highest BCUT2D eigenvalue weighted by atomic mass is 32.2. The van der Waals surface area contributed by atoms with E-state index in [1.165, 1.54) is 0 Å². The molecular formula is C19H24N2O4S. The molecule has 2 aromatic rings. The second kappa shape index (κ2) is 8.16. The predicted molar refractivity (Wildman–Crippen MR) is 100 cm³/mol. The van der Waals surface area contributed by atoms with Gasteiger partial charge in [0.15, 0.2) is 0 Å². The average molecular weight is 376 g/mol. The first kappa shape index (κ1) is 18.8. The number of sulfonamides is 1. The van der Waals surface area contributed by atoms with Crippen LogP contribution in [-0.2, 0) is 19.6 Å². The van der Waals surface area contributed by atoms with E-state index in [0.717, 1.165) is 30.0 Å². The molecule has 6 nitrogen and oxygen atoms in total. The summed E-state index contributed by atoms with van der Waals surface area (Å²) in [6.07, 6.45) is 3.01. The van der Waals surface area contributed by atoms with Gasteiger partial charge < -0.3 is 10.1 Å². The third-order valence-electron chi connectivity index (χ3n) is 4.78. The number of nitrogens with one attached hydrogen (secondary N) is 2. The molecule has 0 aromatic heterocycles. The van der Waals surface area contributed by atoms with Crippen molar-refractivity contribution in [2.75, 3.05) is 13.7 Å². The van der Waals surface area contributed by atoms with Gasteiger partial charge in [0.25, 0.3) is 0 Å². The van der Waals surface area contributed by atoms with Crippen LogP contribution in [0.25, 0.3) is 10.8 Å². The van der Waals surface area contributed by atoms with E-state index in [2.05, 4.69) is 10.0 Å². The minimum absolute atomic E-state index is 0.0181. The Morgan fingerprint density at radius 1 is 1.15 bits per heavy atom. The molecule has 2 atom stereocenters. The Kier molecular flexibility index (Phi) is 5.90. The second-order valence-corrected chi connectivity index (χ2v) is 8.30. The molecule has 0 aliphatic heterocycles. The fourth-order valence-electron chi connectivity index (χ4n) is 3.37. The molecule has 140 valence electrons. The van der Waals surface area contributed by atoms with Crippen LogP contribution in [0.2, 0.25) is 0 Å². The molecule has 0 radical (unpaired) electrons. The fourth-order valence-corrected chi connectivity index (χ4v) is 4.44. The summed E-state index contributed by atoms with van der Waals surface area (Å²) in [5, 5.41) is 4.77. The maximum absolute atomic E-state index is 12.4. The predicted octanol–water partition coefficient (Wildman–Crippen LogP) is 2.19. The number of methoxy groups -OCH3 is 1. The third-order valence-corrected chi connectivity index (χ3v) is 6.24. The van der Waals surface area contributed by atoms with Gasteiger partial charge in [-0.15, -0.1) is 0 Å². The van der Waals surface area contributed by atoms with Gasteiger partial charge in [0, 0.05) is 20.1 Å². The van der Waals surface area contributed by atoms with Gasteiger partial charge in [0.2, 0.25) is 15.9 Å². The summed E-state index contributed by atoms with van der Waals surface area (Å²) < 4.78 is 32.7. The molecule has 3 rings (SSSR count). The van der Waals surface area contributed by atoms with Crippen LogP contribution >= 0.6 is 0 Å². The van der Waals surface area contributed by atoms with Crippen molar-refractivity contribution in [3.63, 3.8) is 0 Å². The minimum atomic E-state index is -3.64. The van der Waals surface area contributed by atoms with E-state index in [1.807, 2.05) is 24.3 Å². The van der Waals surface area contributed by atoms with E-state index in [0.29, 0.717) is 0 Å². The minimum Gasteiger partial charge on any atom is -0.379 e. The van der Waals surface area contributed by atoms with Gasteiger partial charge in [-0.25, -0.2) is 13.1 Å². The summed E-state index contributed by atoms with van der Waals surface area (Å²) in [6.45, 7) is 0.0609. The standard InChI is InChI=1S/C19H24N2O4S/c1-25-18-8-4-7-17(18)21-19(22)11-12-20-26(23,24)16-10-9-14-5-2-3-6-15(14)13-16/h2-3,5-6,9-10,13,17-18,20H,4,7-8,11-12H2,1H3,(H,21,22)/t17-,18-/m0/s1. The monoisotopic (exact) mass is 376 g/mol. The van der Waals surface area contributed by atoms with Crippen molar-refractivity contribution >= 4 is 26.7 Å². The number of fused-ring (bicyclic) bond motifs is 1. The first-order chi connectivity index (χ1) is 12.5. The molecule has 1 saturated carbocycles. The Balaban J connectivity index is 1.55. The summed E-state index contributed by atoms with van der Waals surface area (Å²) >= 11 is 0. The van der Waals surface area contributed by atoms with Gasteiger partial charge >= 0.3 is 0 Å². The van der Waals surface area contributed by atoms with Crippen molar-refractivity contribution in [2.24, 2.45) is 0 Å². The smallest absolute Gasteiger partial charge is 0.240 e. The third kappa shape index (κ3) is 4.41. The highest BCUT2D eigenvalue weighted by Crippen LogP contribution is 2.21. The van der Waals surface area contributed by atoms with E-state index in [4.69, 9.17) is 4.74 Å². The van der Waals surface area contributed by atoms with E-state index < -0.39 is 10.0 Å². The lowest BCUT2D eigenvalue weighted by molar-refractivity contribution is -0.122. The Labute approximate surface area is 154 Å². The Morgan fingerprint density at radius 3 is 2.69 bits per heavy atom. The van der Waals surface area contributed by atoms with Crippen LogP contribution in [-0.4, -0.2) is 40.1 Å². The number of rotatable bonds is 7. The molecule has 1 fully saturated rings. The summed E-state index contributed by atoms with van der Waals surface area (Å²) in [5.74, 6) is -0.167. The molecule has 1 aliphatic rings. The van der Waals surface area contributed by atoms with Crippen LogP contribution in [0.15, 0.2) is 47.4 Å². The fraction of sp³-hybridized carbons (Fsp3) is 0.421. The number of ether oxygens (including phenoxy) is 1. The molecule has 7 heteroatoms. The van der Waals surface area contributed by atoms with Crippen LogP contribution in [0.5, 0.6) is 0 Å². The van der Waals surface area contributed by atoms with Gasteiger partial charge in [-0.1, -0.05) is 30.3 Å². The summed E-state index contributed by atoms with van der Waals surface area (Å²) in [4.78, 5) is 12.3.